The van der Waals surface area contributed by atoms with Crippen LogP contribution in [0.3, 0.4) is 0 Å². The molecule has 1 saturated heterocycles. The van der Waals surface area contributed by atoms with Gasteiger partial charge in [-0.05, 0) is 18.6 Å². The molecule has 0 amide bonds. The van der Waals surface area contributed by atoms with E-state index < -0.39 is 5.60 Å². The van der Waals surface area contributed by atoms with Crippen molar-refractivity contribution < 1.29 is 19.0 Å². The number of benzene rings is 1. The van der Waals surface area contributed by atoms with Crippen molar-refractivity contribution in [3.8, 4) is 5.75 Å². The Labute approximate surface area is 119 Å². The molecule has 108 valence electrons. The molecular weight excluding hydrogens is 256 g/mol. The number of ether oxygens (including phenoxy) is 3. The molecule has 2 heterocycles. The first-order chi connectivity index (χ1) is 9.77. The molecule has 2 aliphatic heterocycles. The maximum atomic E-state index is 13.0. The van der Waals surface area contributed by atoms with Gasteiger partial charge in [-0.3, -0.25) is 4.79 Å². The van der Waals surface area contributed by atoms with E-state index in [1.54, 1.807) is 0 Å². The predicted molar refractivity (Wildman–Crippen MR) is 74.4 cm³/mol. The summed E-state index contributed by atoms with van der Waals surface area (Å²) in [6.07, 6.45) is 2.11. The summed E-state index contributed by atoms with van der Waals surface area (Å²) in [7, 11) is 0. The topological polar surface area (TPSA) is 44.8 Å². The van der Waals surface area contributed by atoms with Gasteiger partial charge < -0.3 is 14.2 Å². The van der Waals surface area contributed by atoms with E-state index in [2.05, 4.69) is 0 Å². The zero-order chi connectivity index (χ0) is 14.0. The van der Waals surface area contributed by atoms with Crippen LogP contribution >= 0.6 is 0 Å². The molecule has 3 rings (SSSR count). The van der Waals surface area contributed by atoms with Crippen LogP contribution in [0.4, 0.5) is 0 Å². The van der Waals surface area contributed by atoms with Gasteiger partial charge in [0.2, 0.25) is 0 Å². The van der Waals surface area contributed by atoms with Crippen molar-refractivity contribution in [1.29, 1.82) is 0 Å². The van der Waals surface area contributed by atoms with E-state index in [4.69, 9.17) is 14.2 Å². The molecule has 0 bridgehead atoms. The lowest BCUT2D eigenvalue weighted by Crippen LogP contribution is -2.46. The first-order valence-corrected chi connectivity index (χ1v) is 7.28. The highest BCUT2D eigenvalue weighted by Crippen LogP contribution is 2.36. The van der Waals surface area contributed by atoms with Crippen LogP contribution in [0.2, 0.25) is 0 Å². The molecule has 0 spiro atoms. The highest BCUT2D eigenvalue weighted by molar-refractivity contribution is 6.05. The van der Waals surface area contributed by atoms with E-state index in [0.717, 1.165) is 17.7 Å². The SMILES string of the molecule is CCOC1(C(=O)c2cccc3c2OCC3)CCOCC1. The van der Waals surface area contributed by atoms with Crippen molar-refractivity contribution in [3.63, 3.8) is 0 Å². The Balaban J connectivity index is 1.96. The zero-order valence-corrected chi connectivity index (χ0v) is 11.8. The van der Waals surface area contributed by atoms with E-state index in [0.29, 0.717) is 44.8 Å². The van der Waals surface area contributed by atoms with Crippen molar-refractivity contribution in [3.05, 3.63) is 29.3 Å². The van der Waals surface area contributed by atoms with E-state index in [9.17, 15) is 4.79 Å². The normalized spacial score (nSPS) is 20.2. The van der Waals surface area contributed by atoms with Crippen molar-refractivity contribution in [2.24, 2.45) is 0 Å². The summed E-state index contributed by atoms with van der Waals surface area (Å²) in [5, 5.41) is 0. The first-order valence-electron chi connectivity index (χ1n) is 7.28. The summed E-state index contributed by atoms with van der Waals surface area (Å²) in [5.41, 5.74) is 1.04. The fourth-order valence-corrected chi connectivity index (χ4v) is 3.05. The van der Waals surface area contributed by atoms with Crippen LogP contribution in [0, 0.1) is 0 Å². The van der Waals surface area contributed by atoms with Crippen molar-refractivity contribution in [2.75, 3.05) is 26.4 Å². The minimum absolute atomic E-state index is 0.0430. The van der Waals surface area contributed by atoms with Gasteiger partial charge in [-0.15, -0.1) is 0 Å². The van der Waals surface area contributed by atoms with Crippen molar-refractivity contribution in [1.82, 2.24) is 0 Å². The highest BCUT2D eigenvalue weighted by atomic mass is 16.5. The fourth-order valence-electron chi connectivity index (χ4n) is 3.05. The summed E-state index contributed by atoms with van der Waals surface area (Å²) in [4.78, 5) is 13.0. The summed E-state index contributed by atoms with van der Waals surface area (Å²) in [6, 6.07) is 5.80. The molecule has 0 radical (unpaired) electrons. The minimum Gasteiger partial charge on any atom is -0.492 e. The molecule has 0 N–H and O–H groups in total. The molecule has 0 saturated carbocycles. The molecule has 2 aliphatic rings. The number of carbonyl (C=O) groups is 1. The minimum atomic E-state index is -0.742. The smallest absolute Gasteiger partial charge is 0.198 e. The number of hydrogen-bond acceptors (Lipinski definition) is 4. The lowest BCUT2D eigenvalue weighted by molar-refractivity contribution is -0.0823. The Hall–Kier alpha value is -1.39. The van der Waals surface area contributed by atoms with Crippen molar-refractivity contribution in [2.45, 2.75) is 31.8 Å². The van der Waals surface area contributed by atoms with Crippen molar-refractivity contribution >= 4 is 5.78 Å². The molecule has 1 aromatic rings. The molecule has 20 heavy (non-hydrogen) atoms. The van der Waals surface area contributed by atoms with E-state index in [1.807, 2.05) is 25.1 Å². The molecule has 4 nitrogen and oxygen atoms in total. The summed E-state index contributed by atoms with van der Waals surface area (Å²) < 4.78 is 16.9. The monoisotopic (exact) mass is 276 g/mol. The Morgan fingerprint density at radius 3 is 2.85 bits per heavy atom. The quantitative estimate of drug-likeness (QED) is 0.792. The molecule has 4 heteroatoms. The van der Waals surface area contributed by atoms with Gasteiger partial charge in [0, 0.05) is 39.1 Å². The highest BCUT2D eigenvalue weighted by Gasteiger charge is 2.42. The van der Waals surface area contributed by atoms with Crippen LogP contribution in [0.15, 0.2) is 18.2 Å². The number of Topliss-reactive ketones (excluding diaryl/α,β-unsaturated/α-hetero) is 1. The molecule has 0 aliphatic carbocycles. The largest absolute Gasteiger partial charge is 0.492 e. The van der Waals surface area contributed by atoms with Crippen LogP contribution in [0.5, 0.6) is 5.75 Å². The number of para-hydroxylation sites is 1. The first kappa shape index (κ1) is 13.6. The Bertz CT molecular complexity index is 498. The molecular formula is C16H20O4. The predicted octanol–water partition coefficient (Wildman–Crippen LogP) is 2.39. The van der Waals surface area contributed by atoms with Gasteiger partial charge in [0.15, 0.2) is 5.78 Å². The number of fused-ring (bicyclic) bond motifs is 1. The van der Waals surface area contributed by atoms with Crippen LogP contribution in [-0.4, -0.2) is 37.8 Å². The number of hydrogen-bond donors (Lipinski definition) is 0. The average Bonchev–Trinajstić information content (AvgIpc) is 2.96. The Morgan fingerprint density at radius 1 is 1.30 bits per heavy atom. The standard InChI is InChI=1S/C16H20O4/c1-2-20-16(7-10-18-11-8-16)15(17)13-5-3-4-12-6-9-19-14(12)13/h3-5H,2,6-11H2,1H3. The van der Waals surface area contributed by atoms with Gasteiger partial charge in [0.25, 0.3) is 0 Å². The Kier molecular flexibility index (Phi) is 3.76. The molecule has 1 aromatic carbocycles. The molecule has 0 unspecified atom stereocenters. The second-order valence-electron chi connectivity index (χ2n) is 5.26. The third-order valence-corrected chi connectivity index (χ3v) is 4.09. The van der Waals surface area contributed by atoms with Crippen LogP contribution < -0.4 is 4.74 Å². The summed E-state index contributed by atoms with van der Waals surface area (Å²) in [5.74, 6) is 0.796. The summed E-state index contributed by atoms with van der Waals surface area (Å²) in [6.45, 7) is 4.26. The third-order valence-electron chi connectivity index (χ3n) is 4.09. The molecule has 1 fully saturated rings. The number of ketones is 1. The van der Waals surface area contributed by atoms with Gasteiger partial charge in [-0.1, -0.05) is 12.1 Å². The van der Waals surface area contributed by atoms with E-state index in [-0.39, 0.29) is 5.78 Å². The van der Waals surface area contributed by atoms with Gasteiger partial charge in [-0.25, -0.2) is 0 Å². The zero-order valence-electron chi connectivity index (χ0n) is 11.8. The van der Waals surface area contributed by atoms with Crippen LogP contribution in [0.25, 0.3) is 0 Å². The van der Waals surface area contributed by atoms with E-state index in [1.165, 1.54) is 0 Å². The lowest BCUT2D eigenvalue weighted by Gasteiger charge is -2.35. The second kappa shape index (κ2) is 5.54. The lowest BCUT2D eigenvalue weighted by atomic mass is 9.84. The molecule has 0 atom stereocenters. The van der Waals surface area contributed by atoms with Crippen LogP contribution in [-0.2, 0) is 15.9 Å². The van der Waals surface area contributed by atoms with Gasteiger partial charge in [-0.2, -0.15) is 0 Å². The second-order valence-corrected chi connectivity index (χ2v) is 5.26. The fraction of sp³-hybridized carbons (Fsp3) is 0.562. The van der Waals surface area contributed by atoms with Gasteiger partial charge in [0.1, 0.15) is 11.4 Å². The number of carbonyl (C=O) groups excluding carboxylic acids is 1. The maximum Gasteiger partial charge on any atom is 0.198 e. The van der Waals surface area contributed by atoms with E-state index >= 15 is 0 Å². The van der Waals surface area contributed by atoms with Gasteiger partial charge >= 0.3 is 0 Å². The Morgan fingerprint density at radius 2 is 2.10 bits per heavy atom. The average molecular weight is 276 g/mol. The maximum absolute atomic E-state index is 13.0. The van der Waals surface area contributed by atoms with Gasteiger partial charge in [0.05, 0.1) is 12.2 Å². The summed E-state index contributed by atoms with van der Waals surface area (Å²) >= 11 is 0. The third kappa shape index (κ3) is 2.23. The molecule has 0 aromatic heterocycles. The van der Waals surface area contributed by atoms with Crippen LogP contribution in [0.1, 0.15) is 35.7 Å². The number of rotatable bonds is 4.